The number of para-hydroxylation sites is 3. The predicted molar refractivity (Wildman–Crippen MR) is 230 cm³/mol. The van der Waals surface area contributed by atoms with Gasteiger partial charge in [0.25, 0.3) is 0 Å². The Labute approximate surface area is 325 Å². The standard InChI is InChI=1S/C51H30N4O2/c1-3-13-31(14-4-1)35-19-11-20-38-37-27-26-34(30-46(37)57-48(35)38)55-42-22-9-7-17-36(42)41-29-33(25-28-43(41)55)50-52-49(32-15-5-2-6-16-32)53-51(54-50)40-21-12-24-45-47(40)39-18-8-10-23-44(39)56-45/h1-30H. The van der Waals surface area contributed by atoms with Crippen molar-refractivity contribution in [2.75, 3.05) is 0 Å². The van der Waals surface area contributed by atoms with Gasteiger partial charge in [-0.2, -0.15) is 0 Å². The SMILES string of the molecule is c1ccc(-c2nc(-c3ccc4c(c3)c3ccccc3n4-c3ccc4c(c3)oc3c(-c5ccccc5)cccc34)nc(-c3cccc4oc5ccccc5c34)n2)cc1. The third-order valence-corrected chi connectivity index (χ3v) is 11.1. The van der Waals surface area contributed by atoms with Crippen LogP contribution in [0.3, 0.4) is 0 Å². The second-order valence-corrected chi connectivity index (χ2v) is 14.4. The van der Waals surface area contributed by atoms with Crippen molar-refractivity contribution in [1.29, 1.82) is 0 Å². The van der Waals surface area contributed by atoms with E-state index >= 15 is 0 Å². The first-order valence-electron chi connectivity index (χ1n) is 19.0. The maximum Gasteiger partial charge on any atom is 0.164 e. The van der Waals surface area contributed by atoms with Crippen LogP contribution in [0.1, 0.15) is 0 Å². The van der Waals surface area contributed by atoms with Crippen LogP contribution in [-0.2, 0) is 0 Å². The van der Waals surface area contributed by atoms with Gasteiger partial charge in [0.1, 0.15) is 22.3 Å². The molecule has 12 rings (SSSR count). The molecule has 0 N–H and O–H groups in total. The third-order valence-electron chi connectivity index (χ3n) is 11.1. The van der Waals surface area contributed by atoms with Crippen LogP contribution >= 0.6 is 0 Å². The maximum absolute atomic E-state index is 6.68. The van der Waals surface area contributed by atoms with Crippen molar-refractivity contribution in [2.45, 2.75) is 0 Å². The van der Waals surface area contributed by atoms with Crippen LogP contribution in [0.5, 0.6) is 0 Å². The Kier molecular flexibility index (Phi) is 6.83. The summed E-state index contributed by atoms with van der Waals surface area (Å²) in [5.41, 5.74) is 11.5. The van der Waals surface area contributed by atoms with Crippen molar-refractivity contribution in [1.82, 2.24) is 19.5 Å². The first-order valence-corrected chi connectivity index (χ1v) is 19.0. The van der Waals surface area contributed by atoms with E-state index in [1.165, 1.54) is 0 Å². The number of hydrogen-bond donors (Lipinski definition) is 0. The number of hydrogen-bond acceptors (Lipinski definition) is 5. The Hall–Kier alpha value is -7.83. The van der Waals surface area contributed by atoms with E-state index in [-0.39, 0.29) is 0 Å². The molecule has 0 fully saturated rings. The van der Waals surface area contributed by atoms with Crippen LogP contribution in [0.2, 0.25) is 0 Å². The van der Waals surface area contributed by atoms with Gasteiger partial charge in [0, 0.05) is 66.3 Å². The van der Waals surface area contributed by atoms with Gasteiger partial charge >= 0.3 is 0 Å². The van der Waals surface area contributed by atoms with Gasteiger partial charge < -0.3 is 13.4 Å². The summed E-state index contributed by atoms with van der Waals surface area (Å²) >= 11 is 0. The number of rotatable bonds is 5. The lowest BCUT2D eigenvalue weighted by molar-refractivity contribution is 0.669. The molecule has 0 atom stereocenters. The van der Waals surface area contributed by atoms with Gasteiger partial charge in [-0.3, -0.25) is 0 Å². The zero-order valence-electron chi connectivity index (χ0n) is 30.4. The summed E-state index contributed by atoms with van der Waals surface area (Å²) < 4.78 is 15.2. The molecule has 0 radical (unpaired) electrons. The summed E-state index contributed by atoms with van der Waals surface area (Å²) in [4.78, 5) is 15.4. The molecule has 57 heavy (non-hydrogen) atoms. The van der Waals surface area contributed by atoms with Crippen molar-refractivity contribution in [3.05, 3.63) is 182 Å². The average Bonchev–Trinajstić information content (AvgIpc) is 3.96. The van der Waals surface area contributed by atoms with Crippen LogP contribution in [0.25, 0.3) is 117 Å². The minimum absolute atomic E-state index is 0.591. The fourth-order valence-corrected chi connectivity index (χ4v) is 8.46. The van der Waals surface area contributed by atoms with E-state index in [1.807, 2.05) is 66.7 Å². The predicted octanol–water partition coefficient (Wildman–Crippen LogP) is 13.4. The zero-order valence-corrected chi connectivity index (χ0v) is 30.4. The molecule has 0 bridgehead atoms. The summed E-state index contributed by atoms with van der Waals surface area (Å²) in [5, 5.41) is 6.45. The molecule has 4 heterocycles. The number of benzene rings is 8. The van der Waals surface area contributed by atoms with E-state index in [4.69, 9.17) is 23.8 Å². The number of furan rings is 2. The highest BCUT2D eigenvalue weighted by atomic mass is 16.3. The Bertz CT molecular complexity index is 3530. The Morgan fingerprint density at radius 2 is 1.00 bits per heavy atom. The molecule has 0 aliphatic rings. The van der Waals surface area contributed by atoms with Gasteiger partial charge in [-0.1, -0.05) is 127 Å². The average molecular weight is 731 g/mol. The molecular weight excluding hydrogens is 701 g/mol. The fourth-order valence-electron chi connectivity index (χ4n) is 8.46. The molecule has 0 unspecified atom stereocenters. The first kappa shape index (κ1) is 31.5. The minimum atomic E-state index is 0.591. The van der Waals surface area contributed by atoms with Crippen molar-refractivity contribution in [3.8, 4) is 51.0 Å². The van der Waals surface area contributed by atoms with Crippen LogP contribution in [0, 0.1) is 0 Å². The van der Waals surface area contributed by atoms with Crippen LogP contribution in [0.4, 0.5) is 0 Å². The molecule has 4 aromatic heterocycles. The summed E-state index contributed by atoms with van der Waals surface area (Å²) in [6.07, 6.45) is 0. The van der Waals surface area contributed by atoms with E-state index in [0.717, 1.165) is 99.2 Å². The molecule has 0 saturated carbocycles. The van der Waals surface area contributed by atoms with Crippen molar-refractivity contribution in [2.24, 2.45) is 0 Å². The molecule has 8 aromatic carbocycles. The van der Waals surface area contributed by atoms with E-state index in [2.05, 4.69) is 120 Å². The summed E-state index contributed by atoms with van der Waals surface area (Å²) in [6, 6.07) is 62.6. The molecule has 0 aliphatic heterocycles. The normalized spacial score (nSPS) is 11.9. The largest absolute Gasteiger partial charge is 0.456 e. The van der Waals surface area contributed by atoms with Gasteiger partial charge in [0.05, 0.1) is 11.0 Å². The highest BCUT2D eigenvalue weighted by molar-refractivity contribution is 6.13. The summed E-state index contributed by atoms with van der Waals surface area (Å²) in [5.74, 6) is 1.80. The maximum atomic E-state index is 6.68. The van der Waals surface area contributed by atoms with Gasteiger partial charge in [0.2, 0.25) is 0 Å². The van der Waals surface area contributed by atoms with E-state index < -0.39 is 0 Å². The summed E-state index contributed by atoms with van der Waals surface area (Å²) in [6.45, 7) is 0. The second-order valence-electron chi connectivity index (χ2n) is 14.4. The number of nitrogens with zero attached hydrogens (tertiary/aromatic N) is 4. The van der Waals surface area contributed by atoms with E-state index in [1.54, 1.807) is 0 Å². The van der Waals surface area contributed by atoms with Gasteiger partial charge in [-0.05, 0) is 54.1 Å². The molecule has 0 spiro atoms. The number of aromatic nitrogens is 4. The molecular formula is C51H30N4O2. The zero-order chi connectivity index (χ0) is 37.5. The Balaban J connectivity index is 1.04. The molecule has 6 heteroatoms. The molecule has 0 saturated heterocycles. The van der Waals surface area contributed by atoms with Crippen LogP contribution < -0.4 is 0 Å². The molecule has 6 nitrogen and oxygen atoms in total. The fraction of sp³-hybridized carbons (Fsp3) is 0. The van der Waals surface area contributed by atoms with Gasteiger partial charge in [0.15, 0.2) is 17.5 Å². The number of fused-ring (bicyclic) bond motifs is 9. The summed E-state index contributed by atoms with van der Waals surface area (Å²) in [7, 11) is 0. The third kappa shape index (κ3) is 4.94. The molecule has 266 valence electrons. The Morgan fingerprint density at radius 1 is 0.351 bits per heavy atom. The lowest BCUT2D eigenvalue weighted by atomic mass is 10.0. The Morgan fingerprint density at radius 3 is 1.86 bits per heavy atom. The van der Waals surface area contributed by atoms with Gasteiger partial charge in [-0.25, -0.2) is 15.0 Å². The quantitative estimate of drug-likeness (QED) is 0.176. The monoisotopic (exact) mass is 730 g/mol. The van der Waals surface area contributed by atoms with E-state index in [0.29, 0.717) is 17.5 Å². The first-order chi connectivity index (χ1) is 28.2. The highest BCUT2D eigenvalue weighted by Gasteiger charge is 2.20. The molecule has 12 aromatic rings. The van der Waals surface area contributed by atoms with Crippen molar-refractivity contribution < 1.29 is 8.83 Å². The topological polar surface area (TPSA) is 69.9 Å². The van der Waals surface area contributed by atoms with Crippen LogP contribution in [-0.4, -0.2) is 19.5 Å². The second kappa shape index (κ2) is 12.3. The van der Waals surface area contributed by atoms with E-state index in [9.17, 15) is 0 Å². The molecule has 0 amide bonds. The van der Waals surface area contributed by atoms with Crippen molar-refractivity contribution in [3.63, 3.8) is 0 Å². The van der Waals surface area contributed by atoms with Crippen molar-refractivity contribution >= 4 is 65.7 Å². The van der Waals surface area contributed by atoms with Crippen LogP contribution in [0.15, 0.2) is 191 Å². The highest BCUT2D eigenvalue weighted by Crippen LogP contribution is 2.40. The smallest absolute Gasteiger partial charge is 0.164 e. The lowest BCUT2D eigenvalue weighted by Crippen LogP contribution is -2.00. The lowest BCUT2D eigenvalue weighted by Gasteiger charge is -2.10. The molecule has 0 aliphatic carbocycles. The van der Waals surface area contributed by atoms with Gasteiger partial charge in [-0.15, -0.1) is 0 Å². The minimum Gasteiger partial charge on any atom is -0.456 e.